The molecule has 160 valence electrons. The molecular weight excluding hydrogens is 407 g/mol. The highest BCUT2D eigenvalue weighted by molar-refractivity contribution is 5.95. The fourth-order valence-electron chi connectivity index (χ4n) is 3.99. The number of hydrogen-bond donors (Lipinski definition) is 0. The Bertz CT molecular complexity index is 1130. The first-order chi connectivity index (χ1) is 14.9. The summed E-state index contributed by atoms with van der Waals surface area (Å²) in [5.41, 5.74) is 1.96. The quantitative estimate of drug-likeness (QED) is 0.594. The number of nitrogens with zero attached hydrogens (tertiary/aromatic N) is 1. The minimum absolute atomic E-state index is 0.263. The van der Waals surface area contributed by atoms with Gasteiger partial charge < -0.3 is 14.4 Å². The van der Waals surface area contributed by atoms with E-state index in [0.717, 1.165) is 29.3 Å². The van der Waals surface area contributed by atoms with Gasteiger partial charge in [0.1, 0.15) is 17.5 Å². The zero-order valence-corrected chi connectivity index (χ0v) is 17.0. The van der Waals surface area contributed by atoms with Crippen molar-refractivity contribution in [2.75, 3.05) is 20.8 Å². The van der Waals surface area contributed by atoms with Crippen molar-refractivity contribution in [3.63, 3.8) is 0 Å². The number of carbonyl (C=O) groups excluding carboxylic acids is 1. The van der Waals surface area contributed by atoms with Crippen molar-refractivity contribution in [2.45, 2.75) is 12.5 Å². The fraction of sp³-hybridized carbons (Fsp3) is 0.208. The Morgan fingerprint density at radius 2 is 1.55 bits per heavy atom. The van der Waals surface area contributed by atoms with Crippen LogP contribution in [0.25, 0.3) is 0 Å². The number of benzene rings is 3. The molecule has 31 heavy (non-hydrogen) atoms. The van der Waals surface area contributed by atoms with E-state index in [0.29, 0.717) is 23.5 Å². The summed E-state index contributed by atoms with van der Waals surface area (Å²) in [5.74, 6) is -1.54. The van der Waals surface area contributed by atoms with Gasteiger partial charge in [-0.2, -0.15) is 0 Å². The van der Waals surface area contributed by atoms with Crippen molar-refractivity contribution in [3.05, 3.63) is 94.3 Å². The number of fused-ring (bicyclic) bond motifs is 1. The maximum Gasteiger partial charge on any atom is 0.257 e. The first-order valence-electron chi connectivity index (χ1n) is 9.69. The highest BCUT2D eigenvalue weighted by atomic mass is 19.1. The summed E-state index contributed by atoms with van der Waals surface area (Å²) in [6, 6.07) is 11.5. The van der Waals surface area contributed by atoms with Crippen LogP contribution in [0.5, 0.6) is 11.5 Å². The lowest BCUT2D eigenvalue weighted by molar-refractivity contribution is 0.0688. The number of halogens is 3. The molecule has 1 heterocycles. The summed E-state index contributed by atoms with van der Waals surface area (Å²) in [5, 5.41) is 0. The monoisotopic (exact) mass is 427 g/mol. The Labute approximate surface area is 177 Å². The number of methoxy groups -OCH3 is 2. The van der Waals surface area contributed by atoms with E-state index in [-0.39, 0.29) is 12.1 Å². The standard InChI is InChI=1S/C24H20F3NO3/c1-30-21-11-15-9-10-28(24(29)19-12-17(26)7-8-20(19)27)23(18(15)13-22(21)31-2)14-3-5-16(25)6-4-14/h3-8,11-13,23H,9-10H2,1-2H3/t23-/m1/s1. The zero-order valence-electron chi connectivity index (χ0n) is 17.0. The Balaban J connectivity index is 1.87. The summed E-state index contributed by atoms with van der Waals surface area (Å²) in [7, 11) is 3.04. The lowest BCUT2D eigenvalue weighted by Gasteiger charge is -2.38. The second kappa shape index (κ2) is 8.34. The third-order valence-corrected chi connectivity index (χ3v) is 5.48. The number of rotatable bonds is 4. The minimum atomic E-state index is -0.803. The number of carbonyl (C=O) groups is 1. The molecule has 4 rings (SSSR count). The predicted molar refractivity (Wildman–Crippen MR) is 109 cm³/mol. The van der Waals surface area contributed by atoms with Crippen molar-refractivity contribution in [1.29, 1.82) is 0 Å². The highest BCUT2D eigenvalue weighted by Gasteiger charge is 2.35. The largest absolute Gasteiger partial charge is 0.493 e. The molecule has 0 aromatic heterocycles. The van der Waals surface area contributed by atoms with Crippen LogP contribution in [-0.4, -0.2) is 31.6 Å². The maximum atomic E-state index is 14.4. The number of hydrogen-bond acceptors (Lipinski definition) is 3. The van der Waals surface area contributed by atoms with Gasteiger partial charge in [-0.3, -0.25) is 4.79 Å². The molecule has 0 radical (unpaired) electrons. The van der Waals surface area contributed by atoms with Crippen molar-refractivity contribution in [1.82, 2.24) is 4.90 Å². The summed E-state index contributed by atoms with van der Waals surface area (Å²) in [6.07, 6.45) is 0.482. The molecule has 4 nitrogen and oxygen atoms in total. The molecule has 1 atom stereocenters. The second-order valence-electron chi connectivity index (χ2n) is 7.23. The molecule has 0 unspecified atom stereocenters. The van der Waals surface area contributed by atoms with E-state index in [2.05, 4.69) is 0 Å². The van der Waals surface area contributed by atoms with Gasteiger partial charge in [-0.05, 0) is 65.6 Å². The van der Waals surface area contributed by atoms with Crippen LogP contribution >= 0.6 is 0 Å². The summed E-state index contributed by atoms with van der Waals surface area (Å²) in [6.45, 7) is 0.263. The summed E-state index contributed by atoms with van der Waals surface area (Å²) in [4.78, 5) is 14.8. The van der Waals surface area contributed by atoms with Gasteiger partial charge in [0, 0.05) is 6.54 Å². The van der Waals surface area contributed by atoms with Crippen molar-refractivity contribution in [2.24, 2.45) is 0 Å². The molecule has 0 fully saturated rings. The van der Waals surface area contributed by atoms with Gasteiger partial charge in [0.15, 0.2) is 11.5 Å². The number of ether oxygens (including phenoxy) is 2. The lowest BCUT2D eigenvalue weighted by atomic mass is 9.87. The van der Waals surface area contributed by atoms with E-state index in [9.17, 15) is 18.0 Å². The molecule has 1 aliphatic rings. The molecule has 1 aliphatic heterocycles. The number of amides is 1. The Hall–Kier alpha value is -3.48. The Morgan fingerprint density at radius 1 is 0.903 bits per heavy atom. The normalized spacial score (nSPS) is 15.4. The van der Waals surface area contributed by atoms with Crippen LogP contribution in [0, 0.1) is 17.5 Å². The Kier molecular flexibility index (Phi) is 5.59. The summed E-state index contributed by atoms with van der Waals surface area (Å²) < 4.78 is 52.5. The molecule has 3 aromatic rings. The van der Waals surface area contributed by atoms with Crippen LogP contribution in [0.3, 0.4) is 0 Å². The van der Waals surface area contributed by atoms with Gasteiger partial charge in [0.25, 0.3) is 5.91 Å². The van der Waals surface area contributed by atoms with Crippen molar-refractivity contribution < 1.29 is 27.4 Å². The fourth-order valence-corrected chi connectivity index (χ4v) is 3.99. The molecule has 0 aliphatic carbocycles. The predicted octanol–water partition coefficient (Wildman–Crippen LogP) is 4.91. The van der Waals surface area contributed by atoms with Gasteiger partial charge in [0.2, 0.25) is 0 Å². The molecule has 7 heteroatoms. The molecular formula is C24H20F3NO3. The van der Waals surface area contributed by atoms with E-state index in [1.54, 1.807) is 18.2 Å². The third kappa shape index (κ3) is 3.83. The van der Waals surface area contributed by atoms with Crippen molar-refractivity contribution in [3.8, 4) is 11.5 Å². The average Bonchev–Trinajstić information content (AvgIpc) is 2.79. The van der Waals surface area contributed by atoms with Gasteiger partial charge in [-0.25, -0.2) is 13.2 Å². The molecule has 1 amide bonds. The van der Waals surface area contributed by atoms with E-state index in [1.807, 2.05) is 6.07 Å². The zero-order chi connectivity index (χ0) is 22.1. The molecule has 3 aromatic carbocycles. The lowest BCUT2D eigenvalue weighted by Crippen LogP contribution is -2.41. The Morgan fingerprint density at radius 3 is 2.23 bits per heavy atom. The SMILES string of the molecule is COc1cc2c(cc1OC)[C@@H](c1ccc(F)cc1)N(C(=O)c1cc(F)ccc1F)CC2. The van der Waals surface area contributed by atoms with Crippen LogP contribution < -0.4 is 9.47 Å². The average molecular weight is 427 g/mol. The molecule has 0 saturated carbocycles. The first kappa shape index (κ1) is 20.8. The van der Waals surface area contributed by atoms with Crippen LogP contribution in [0.2, 0.25) is 0 Å². The highest BCUT2D eigenvalue weighted by Crippen LogP contribution is 2.41. The molecule has 0 N–H and O–H groups in total. The maximum absolute atomic E-state index is 14.4. The van der Waals surface area contributed by atoms with Crippen LogP contribution in [0.4, 0.5) is 13.2 Å². The minimum Gasteiger partial charge on any atom is -0.493 e. The van der Waals surface area contributed by atoms with Crippen LogP contribution in [0.15, 0.2) is 54.6 Å². The second-order valence-corrected chi connectivity index (χ2v) is 7.23. The third-order valence-electron chi connectivity index (χ3n) is 5.48. The van der Waals surface area contributed by atoms with Gasteiger partial charge in [-0.15, -0.1) is 0 Å². The van der Waals surface area contributed by atoms with Gasteiger partial charge in [-0.1, -0.05) is 12.1 Å². The van der Waals surface area contributed by atoms with Gasteiger partial charge >= 0.3 is 0 Å². The smallest absolute Gasteiger partial charge is 0.257 e. The van der Waals surface area contributed by atoms with Crippen LogP contribution in [0.1, 0.15) is 33.1 Å². The van der Waals surface area contributed by atoms with E-state index >= 15 is 0 Å². The molecule has 0 bridgehead atoms. The van der Waals surface area contributed by atoms with E-state index in [1.165, 1.54) is 31.3 Å². The van der Waals surface area contributed by atoms with Crippen molar-refractivity contribution >= 4 is 5.91 Å². The topological polar surface area (TPSA) is 38.8 Å². The first-order valence-corrected chi connectivity index (χ1v) is 9.69. The summed E-state index contributed by atoms with van der Waals surface area (Å²) >= 11 is 0. The van der Waals surface area contributed by atoms with E-state index in [4.69, 9.17) is 9.47 Å². The van der Waals surface area contributed by atoms with Crippen LogP contribution in [-0.2, 0) is 6.42 Å². The molecule has 0 saturated heterocycles. The molecule has 0 spiro atoms. The van der Waals surface area contributed by atoms with Gasteiger partial charge in [0.05, 0.1) is 25.8 Å². The van der Waals surface area contributed by atoms with E-state index < -0.39 is 29.4 Å².